The maximum atomic E-state index is 12.2. The van der Waals surface area contributed by atoms with Gasteiger partial charge in [-0.2, -0.15) is 0 Å². The molecule has 1 fully saturated rings. The van der Waals surface area contributed by atoms with Crippen molar-refractivity contribution in [2.75, 3.05) is 30.8 Å². The first-order valence-corrected chi connectivity index (χ1v) is 7.71. The third kappa shape index (κ3) is 3.79. The number of rotatable bonds is 6. The van der Waals surface area contributed by atoms with Crippen LogP contribution in [0.1, 0.15) is 13.8 Å². The first kappa shape index (κ1) is 18.9. The number of urea groups is 1. The fourth-order valence-electron chi connectivity index (χ4n) is 2.39. The topological polar surface area (TPSA) is 125 Å². The van der Waals surface area contributed by atoms with Gasteiger partial charge in [-0.1, -0.05) is 0 Å². The number of benzene rings is 1. The summed E-state index contributed by atoms with van der Waals surface area (Å²) in [5.74, 6) is -2.69. The SMILES string of the molecule is CCN1C(=O)C(=O)N(CC(=O)Nc2cc(NC(C)=O)ccc2OC)C1=O. The summed E-state index contributed by atoms with van der Waals surface area (Å²) in [5, 5.41) is 5.06. The van der Waals surface area contributed by atoms with Gasteiger partial charge in [-0.25, -0.2) is 9.69 Å². The average molecular weight is 362 g/mol. The molecule has 6 amide bonds. The van der Waals surface area contributed by atoms with E-state index in [-0.39, 0.29) is 18.1 Å². The molecule has 1 aromatic carbocycles. The van der Waals surface area contributed by atoms with E-state index in [9.17, 15) is 24.0 Å². The zero-order chi connectivity index (χ0) is 19.4. The monoisotopic (exact) mass is 362 g/mol. The van der Waals surface area contributed by atoms with Gasteiger partial charge in [-0.15, -0.1) is 0 Å². The molecule has 0 aliphatic carbocycles. The maximum Gasteiger partial charge on any atom is 0.334 e. The third-order valence-electron chi connectivity index (χ3n) is 3.55. The molecule has 1 heterocycles. The van der Waals surface area contributed by atoms with E-state index in [0.29, 0.717) is 16.3 Å². The Hall–Kier alpha value is -3.43. The van der Waals surface area contributed by atoms with Gasteiger partial charge in [0.15, 0.2) is 0 Å². The van der Waals surface area contributed by atoms with Crippen LogP contribution in [0.3, 0.4) is 0 Å². The number of likely N-dealkylation sites (N-methyl/N-ethyl adjacent to an activating group) is 1. The maximum absolute atomic E-state index is 12.2. The van der Waals surface area contributed by atoms with Gasteiger partial charge in [0.1, 0.15) is 12.3 Å². The molecule has 10 heteroatoms. The molecule has 26 heavy (non-hydrogen) atoms. The molecule has 1 aliphatic heterocycles. The molecular weight excluding hydrogens is 344 g/mol. The first-order valence-electron chi connectivity index (χ1n) is 7.71. The van der Waals surface area contributed by atoms with Gasteiger partial charge in [0.25, 0.3) is 0 Å². The Bertz CT molecular complexity index is 791. The van der Waals surface area contributed by atoms with Crippen LogP contribution in [0, 0.1) is 0 Å². The minimum atomic E-state index is -1.05. The van der Waals surface area contributed by atoms with Crippen LogP contribution >= 0.6 is 0 Å². The summed E-state index contributed by atoms with van der Waals surface area (Å²) in [6.45, 7) is 2.30. The summed E-state index contributed by atoms with van der Waals surface area (Å²) in [6.07, 6.45) is 0. The highest BCUT2D eigenvalue weighted by atomic mass is 16.5. The number of amides is 6. The van der Waals surface area contributed by atoms with Crippen molar-refractivity contribution >= 4 is 41.0 Å². The molecule has 0 spiro atoms. The largest absolute Gasteiger partial charge is 0.495 e. The summed E-state index contributed by atoms with van der Waals surface area (Å²) in [5.41, 5.74) is 0.663. The van der Waals surface area contributed by atoms with Crippen LogP contribution in [0.4, 0.5) is 16.2 Å². The minimum Gasteiger partial charge on any atom is -0.495 e. The molecule has 0 unspecified atom stereocenters. The van der Waals surface area contributed by atoms with E-state index < -0.39 is 30.3 Å². The Balaban J connectivity index is 2.14. The third-order valence-corrected chi connectivity index (χ3v) is 3.55. The Morgan fingerprint density at radius 1 is 1.08 bits per heavy atom. The number of ether oxygens (including phenoxy) is 1. The molecule has 2 N–H and O–H groups in total. The standard InChI is InChI=1S/C16H18N4O6/c1-4-19-14(23)15(24)20(16(19)25)8-13(22)18-11-7-10(17-9(2)21)5-6-12(11)26-3/h5-7H,4,8H2,1-3H3,(H,17,21)(H,18,22). The summed E-state index contributed by atoms with van der Waals surface area (Å²) >= 11 is 0. The van der Waals surface area contributed by atoms with Gasteiger partial charge < -0.3 is 15.4 Å². The summed E-state index contributed by atoms with van der Waals surface area (Å²) in [4.78, 5) is 60.2. The number of nitrogens with one attached hydrogen (secondary N) is 2. The lowest BCUT2D eigenvalue weighted by Gasteiger charge is -2.15. The van der Waals surface area contributed by atoms with Crippen LogP contribution in [-0.4, -0.2) is 59.7 Å². The van der Waals surface area contributed by atoms with Crippen molar-refractivity contribution in [3.05, 3.63) is 18.2 Å². The second kappa shape index (κ2) is 7.64. The van der Waals surface area contributed by atoms with Crippen molar-refractivity contribution < 1.29 is 28.7 Å². The Morgan fingerprint density at radius 2 is 1.73 bits per heavy atom. The number of nitrogens with zero attached hydrogens (tertiary/aromatic N) is 2. The van der Waals surface area contributed by atoms with Gasteiger partial charge >= 0.3 is 17.8 Å². The molecule has 0 radical (unpaired) electrons. The highest BCUT2D eigenvalue weighted by Crippen LogP contribution is 2.28. The van der Waals surface area contributed by atoms with Gasteiger partial charge in [0, 0.05) is 19.2 Å². The van der Waals surface area contributed by atoms with Crippen molar-refractivity contribution in [1.29, 1.82) is 0 Å². The molecule has 138 valence electrons. The Kier molecular flexibility index (Phi) is 5.55. The number of carbonyl (C=O) groups is 5. The van der Waals surface area contributed by atoms with E-state index in [1.807, 2.05) is 0 Å². The van der Waals surface area contributed by atoms with Gasteiger partial charge in [0.05, 0.1) is 12.8 Å². The lowest BCUT2D eigenvalue weighted by molar-refractivity contribution is -0.143. The van der Waals surface area contributed by atoms with E-state index in [1.165, 1.54) is 26.2 Å². The van der Waals surface area contributed by atoms with Crippen molar-refractivity contribution in [3.8, 4) is 5.75 Å². The number of hydrogen-bond acceptors (Lipinski definition) is 6. The van der Waals surface area contributed by atoms with Gasteiger partial charge in [0.2, 0.25) is 11.8 Å². The molecular formula is C16H18N4O6. The molecule has 2 rings (SSSR count). The predicted molar refractivity (Wildman–Crippen MR) is 90.4 cm³/mol. The molecule has 0 bridgehead atoms. The van der Waals surface area contributed by atoms with Crippen LogP contribution in [0.25, 0.3) is 0 Å². The van der Waals surface area contributed by atoms with E-state index in [4.69, 9.17) is 4.74 Å². The van der Waals surface area contributed by atoms with E-state index in [0.717, 1.165) is 4.90 Å². The van der Waals surface area contributed by atoms with E-state index >= 15 is 0 Å². The molecule has 1 aromatic rings. The van der Waals surface area contributed by atoms with Crippen LogP contribution in [0.15, 0.2) is 18.2 Å². The molecule has 0 atom stereocenters. The van der Waals surface area contributed by atoms with Crippen LogP contribution < -0.4 is 15.4 Å². The fourth-order valence-corrected chi connectivity index (χ4v) is 2.39. The second-order valence-electron chi connectivity index (χ2n) is 5.37. The lowest BCUT2D eigenvalue weighted by Crippen LogP contribution is -2.39. The predicted octanol–water partition coefficient (Wildman–Crippen LogP) is 0.403. The smallest absolute Gasteiger partial charge is 0.334 e. The van der Waals surface area contributed by atoms with Crippen LogP contribution in [0.2, 0.25) is 0 Å². The van der Waals surface area contributed by atoms with E-state index in [1.54, 1.807) is 13.0 Å². The average Bonchev–Trinajstić information content (AvgIpc) is 2.78. The number of methoxy groups -OCH3 is 1. The van der Waals surface area contributed by atoms with Crippen LogP contribution in [0.5, 0.6) is 5.75 Å². The molecule has 1 aliphatic rings. The second-order valence-corrected chi connectivity index (χ2v) is 5.37. The summed E-state index contributed by atoms with van der Waals surface area (Å²) in [6, 6.07) is 3.75. The zero-order valence-electron chi connectivity index (χ0n) is 14.5. The fraction of sp³-hybridized carbons (Fsp3) is 0.312. The number of imide groups is 2. The van der Waals surface area contributed by atoms with Crippen molar-refractivity contribution in [1.82, 2.24) is 9.80 Å². The number of anilines is 2. The quantitative estimate of drug-likeness (QED) is 0.557. The van der Waals surface area contributed by atoms with Crippen molar-refractivity contribution in [3.63, 3.8) is 0 Å². The Morgan fingerprint density at radius 3 is 2.27 bits per heavy atom. The lowest BCUT2D eigenvalue weighted by atomic mass is 10.2. The molecule has 0 aromatic heterocycles. The molecule has 10 nitrogen and oxygen atoms in total. The van der Waals surface area contributed by atoms with Crippen LogP contribution in [-0.2, 0) is 19.2 Å². The van der Waals surface area contributed by atoms with Gasteiger partial charge in [-0.3, -0.25) is 24.1 Å². The summed E-state index contributed by atoms with van der Waals surface area (Å²) < 4.78 is 5.13. The highest BCUT2D eigenvalue weighted by Gasteiger charge is 2.44. The molecule has 1 saturated heterocycles. The number of carbonyl (C=O) groups excluding carboxylic acids is 5. The highest BCUT2D eigenvalue weighted by molar-refractivity contribution is 6.45. The number of hydrogen-bond donors (Lipinski definition) is 2. The Labute approximate surface area is 149 Å². The van der Waals surface area contributed by atoms with E-state index in [2.05, 4.69) is 10.6 Å². The normalized spacial score (nSPS) is 13.9. The summed E-state index contributed by atoms with van der Waals surface area (Å²) in [7, 11) is 1.40. The molecule has 0 saturated carbocycles. The van der Waals surface area contributed by atoms with Crippen molar-refractivity contribution in [2.45, 2.75) is 13.8 Å². The van der Waals surface area contributed by atoms with Crippen molar-refractivity contribution in [2.24, 2.45) is 0 Å². The van der Waals surface area contributed by atoms with Gasteiger partial charge in [-0.05, 0) is 25.1 Å². The first-order chi connectivity index (χ1) is 12.3. The minimum absolute atomic E-state index is 0.0358. The zero-order valence-corrected chi connectivity index (χ0v) is 14.5.